The van der Waals surface area contributed by atoms with E-state index in [2.05, 4.69) is 41.3 Å². The van der Waals surface area contributed by atoms with E-state index in [-0.39, 0.29) is 12.2 Å². The summed E-state index contributed by atoms with van der Waals surface area (Å²) in [5.41, 5.74) is -0.443. The standard InChI is InChI=1S/C28H43BrN2O4/c1-7-8-26(21(3)29)20(2)19-33-23-9-11-24(12-10-23)34-25-13-15-30(16-14-25)22-17-31(18-22)27(32)35-28(4,5)6/h7,9-12,20-22,25-26H,1,8,13-19H2,2-6H3/t20?,21-,26+/m0/s1. The number of hydrogen-bond acceptors (Lipinski definition) is 5. The number of likely N-dealkylation sites (tertiary alicyclic amines) is 2. The van der Waals surface area contributed by atoms with Crippen molar-refractivity contribution in [2.45, 2.75) is 76.5 Å². The highest BCUT2D eigenvalue weighted by Gasteiger charge is 2.38. The van der Waals surface area contributed by atoms with E-state index in [1.807, 2.05) is 51.1 Å². The predicted molar refractivity (Wildman–Crippen MR) is 145 cm³/mol. The third-order valence-electron chi connectivity index (χ3n) is 6.91. The van der Waals surface area contributed by atoms with Crippen LogP contribution in [0.2, 0.25) is 0 Å². The highest BCUT2D eigenvalue weighted by atomic mass is 79.9. The number of carbonyl (C=O) groups is 1. The topological polar surface area (TPSA) is 51.2 Å². The van der Waals surface area contributed by atoms with Gasteiger partial charge in [-0.25, -0.2) is 4.79 Å². The number of alkyl halides is 1. The molecule has 196 valence electrons. The molecule has 35 heavy (non-hydrogen) atoms. The highest BCUT2D eigenvalue weighted by Crippen LogP contribution is 2.28. The predicted octanol–water partition coefficient (Wildman–Crippen LogP) is 6.14. The number of allylic oxidation sites excluding steroid dienone is 1. The summed E-state index contributed by atoms with van der Waals surface area (Å²) in [7, 11) is 0. The molecule has 0 bridgehead atoms. The first kappa shape index (κ1) is 27.9. The van der Waals surface area contributed by atoms with E-state index in [1.165, 1.54) is 0 Å². The van der Waals surface area contributed by atoms with Crippen LogP contribution in [0.1, 0.15) is 53.9 Å². The van der Waals surface area contributed by atoms with Crippen LogP contribution in [0.5, 0.6) is 11.5 Å². The van der Waals surface area contributed by atoms with Gasteiger partial charge >= 0.3 is 6.09 Å². The second kappa shape index (κ2) is 12.5. The Bertz CT molecular complexity index is 809. The molecule has 0 radical (unpaired) electrons. The minimum absolute atomic E-state index is 0.205. The molecule has 2 fully saturated rings. The number of hydrogen-bond donors (Lipinski definition) is 0. The van der Waals surface area contributed by atoms with Crippen molar-refractivity contribution in [3.63, 3.8) is 0 Å². The Hall–Kier alpha value is -1.73. The molecule has 3 rings (SSSR count). The lowest BCUT2D eigenvalue weighted by Crippen LogP contribution is -2.63. The minimum Gasteiger partial charge on any atom is -0.493 e. The van der Waals surface area contributed by atoms with Crippen LogP contribution in [0.15, 0.2) is 36.9 Å². The van der Waals surface area contributed by atoms with Crippen LogP contribution in [0, 0.1) is 11.8 Å². The number of piperidine rings is 1. The molecule has 0 aliphatic carbocycles. The number of nitrogens with zero attached hydrogens (tertiary/aromatic N) is 2. The van der Waals surface area contributed by atoms with E-state index < -0.39 is 5.60 Å². The lowest BCUT2D eigenvalue weighted by molar-refractivity contribution is -0.0262. The third-order valence-corrected chi connectivity index (χ3v) is 7.59. The number of halogens is 1. The van der Waals surface area contributed by atoms with Crippen molar-refractivity contribution in [1.82, 2.24) is 9.80 Å². The molecule has 2 heterocycles. The van der Waals surface area contributed by atoms with E-state index in [1.54, 1.807) is 4.90 Å². The summed E-state index contributed by atoms with van der Waals surface area (Å²) >= 11 is 3.72. The molecule has 1 amide bonds. The van der Waals surface area contributed by atoms with Crippen molar-refractivity contribution in [3.05, 3.63) is 36.9 Å². The molecule has 2 aliphatic rings. The molecule has 0 saturated carbocycles. The van der Waals surface area contributed by atoms with Gasteiger partial charge in [0.05, 0.1) is 6.61 Å². The van der Waals surface area contributed by atoms with E-state index >= 15 is 0 Å². The van der Waals surface area contributed by atoms with Gasteiger partial charge in [-0.3, -0.25) is 4.90 Å². The number of ether oxygens (including phenoxy) is 3. The Morgan fingerprint density at radius 3 is 2.29 bits per heavy atom. The number of benzene rings is 1. The smallest absolute Gasteiger partial charge is 0.410 e. The summed E-state index contributed by atoms with van der Waals surface area (Å²) < 4.78 is 17.8. The first-order valence-corrected chi connectivity index (χ1v) is 13.8. The molecule has 6 nitrogen and oxygen atoms in total. The fourth-order valence-corrected chi connectivity index (χ4v) is 5.48. The van der Waals surface area contributed by atoms with Gasteiger partial charge in [0.2, 0.25) is 0 Å². The summed E-state index contributed by atoms with van der Waals surface area (Å²) in [5.74, 6) is 2.69. The first-order chi connectivity index (χ1) is 16.6. The maximum atomic E-state index is 12.2. The summed E-state index contributed by atoms with van der Waals surface area (Å²) in [6.07, 6.45) is 4.97. The molecule has 3 atom stereocenters. The van der Waals surface area contributed by atoms with E-state index in [0.717, 1.165) is 56.9 Å². The van der Waals surface area contributed by atoms with Crippen LogP contribution in [0.25, 0.3) is 0 Å². The van der Waals surface area contributed by atoms with Crippen LogP contribution in [-0.2, 0) is 4.74 Å². The summed E-state index contributed by atoms with van der Waals surface area (Å²) in [5, 5.41) is 0. The third kappa shape index (κ3) is 8.42. The van der Waals surface area contributed by atoms with Crippen LogP contribution in [-0.4, -0.2) is 71.3 Å². The summed E-state index contributed by atoms with van der Waals surface area (Å²) in [6.45, 7) is 18.2. The largest absolute Gasteiger partial charge is 0.493 e. The van der Waals surface area contributed by atoms with Gasteiger partial charge in [-0.1, -0.05) is 35.9 Å². The lowest BCUT2D eigenvalue weighted by Gasteiger charge is -2.47. The number of amides is 1. The molecule has 0 aromatic heterocycles. The van der Waals surface area contributed by atoms with E-state index in [9.17, 15) is 4.79 Å². The van der Waals surface area contributed by atoms with Crippen molar-refractivity contribution in [3.8, 4) is 11.5 Å². The molecule has 0 spiro atoms. The van der Waals surface area contributed by atoms with Gasteiger partial charge in [0.25, 0.3) is 0 Å². The van der Waals surface area contributed by atoms with E-state index in [0.29, 0.717) is 29.3 Å². The van der Waals surface area contributed by atoms with Gasteiger partial charge in [0.15, 0.2) is 0 Å². The van der Waals surface area contributed by atoms with Crippen molar-refractivity contribution in [1.29, 1.82) is 0 Å². The Morgan fingerprint density at radius 2 is 1.74 bits per heavy atom. The molecule has 1 aromatic carbocycles. The second-order valence-corrected chi connectivity index (χ2v) is 12.5. The van der Waals surface area contributed by atoms with Crippen molar-refractivity contribution in [2.24, 2.45) is 11.8 Å². The molecule has 7 heteroatoms. The Balaban J connectivity index is 1.36. The summed E-state index contributed by atoms with van der Waals surface area (Å²) in [6, 6.07) is 8.44. The van der Waals surface area contributed by atoms with Crippen molar-refractivity contribution < 1.29 is 19.0 Å². The average Bonchev–Trinajstić information content (AvgIpc) is 2.75. The normalized spacial score (nSPS) is 20.5. The van der Waals surface area contributed by atoms with Gasteiger partial charge in [-0.2, -0.15) is 0 Å². The zero-order valence-electron chi connectivity index (χ0n) is 22.0. The van der Waals surface area contributed by atoms with E-state index in [4.69, 9.17) is 14.2 Å². The quantitative estimate of drug-likeness (QED) is 0.258. The van der Waals surface area contributed by atoms with Gasteiger partial charge in [0, 0.05) is 37.0 Å². The zero-order chi connectivity index (χ0) is 25.6. The lowest BCUT2D eigenvalue weighted by atomic mass is 9.89. The second-order valence-electron chi connectivity index (χ2n) is 11.0. The average molecular weight is 552 g/mol. The molecule has 0 N–H and O–H groups in total. The Morgan fingerprint density at radius 1 is 1.14 bits per heavy atom. The van der Waals surface area contributed by atoms with Crippen molar-refractivity contribution >= 4 is 22.0 Å². The molecule has 1 unspecified atom stereocenters. The highest BCUT2D eigenvalue weighted by molar-refractivity contribution is 9.09. The molecule has 2 aliphatic heterocycles. The van der Waals surface area contributed by atoms with Crippen LogP contribution in [0.3, 0.4) is 0 Å². The Labute approximate surface area is 220 Å². The maximum absolute atomic E-state index is 12.2. The van der Waals surface area contributed by atoms with Gasteiger partial charge < -0.3 is 19.1 Å². The fraction of sp³-hybridized carbons (Fsp3) is 0.679. The SMILES string of the molecule is C=CC[C@H](C(C)COc1ccc(OC2CCN(C3CN(C(=O)OC(C)(C)C)C3)CC2)cc1)[C@H](C)Br. The number of carbonyl (C=O) groups excluding carboxylic acids is 1. The minimum atomic E-state index is -0.443. The van der Waals surface area contributed by atoms with Gasteiger partial charge in [-0.05, 0) is 76.1 Å². The van der Waals surface area contributed by atoms with Crippen LogP contribution < -0.4 is 9.47 Å². The van der Waals surface area contributed by atoms with Gasteiger partial charge in [-0.15, -0.1) is 6.58 Å². The molecule has 1 aromatic rings. The first-order valence-electron chi connectivity index (χ1n) is 12.9. The van der Waals surface area contributed by atoms with Crippen molar-refractivity contribution in [2.75, 3.05) is 32.8 Å². The van der Waals surface area contributed by atoms with Crippen LogP contribution in [0.4, 0.5) is 4.79 Å². The fourth-order valence-electron chi connectivity index (χ4n) is 4.74. The monoisotopic (exact) mass is 550 g/mol. The van der Waals surface area contributed by atoms with Gasteiger partial charge in [0.1, 0.15) is 23.2 Å². The molecule has 2 saturated heterocycles. The molecular formula is C28H43BrN2O4. The zero-order valence-corrected chi connectivity index (χ0v) is 23.6. The number of rotatable bonds is 10. The summed E-state index contributed by atoms with van der Waals surface area (Å²) in [4.78, 5) is 16.9. The molecular weight excluding hydrogens is 508 g/mol. The van der Waals surface area contributed by atoms with Crippen LogP contribution >= 0.6 is 15.9 Å². The Kier molecular flexibility index (Phi) is 9.94. The maximum Gasteiger partial charge on any atom is 0.410 e.